The van der Waals surface area contributed by atoms with E-state index in [1.54, 1.807) is 0 Å². The first kappa shape index (κ1) is 16.7. The Morgan fingerprint density at radius 3 is 2.42 bits per heavy atom. The summed E-state index contributed by atoms with van der Waals surface area (Å²) in [6.07, 6.45) is 7.35. The van der Waals surface area contributed by atoms with Crippen LogP contribution >= 0.6 is 12.4 Å². The van der Waals surface area contributed by atoms with Crippen LogP contribution in [0.15, 0.2) is 0 Å². The Morgan fingerprint density at radius 2 is 1.84 bits per heavy atom. The van der Waals surface area contributed by atoms with Crippen molar-refractivity contribution in [1.82, 2.24) is 15.5 Å². The van der Waals surface area contributed by atoms with E-state index in [9.17, 15) is 4.79 Å². The van der Waals surface area contributed by atoms with Crippen LogP contribution in [0.4, 0.5) is 0 Å². The number of likely N-dealkylation sites (tertiary alicyclic amines) is 1. The molecule has 0 bridgehead atoms. The summed E-state index contributed by atoms with van der Waals surface area (Å²) in [4.78, 5) is 14.5. The number of nitrogens with zero attached hydrogens (tertiary/aromatic N) is 1. The zero-order valence-electron chi connectivity index (χ0n) is 12.2. The minimum Gasteiger partial charge on any atom is -0.352 e. The molecule has 5 heteroatoms. The minimum absolute atomic E-state index is 0. The summed E-state index contributed by atoms with van der Waals surface area (Å²) >= 11 is 0. The second-order valence-electron chi connectivity index (χ2n) is 5.79. The summed E-state index contributed by atoms with van der Waals surface area (Å²) in [6, 6.07) is 0.997. The molecule has 0 spiro atoms. The van der Waals surface area contributed by atoms with E-state index < -0.39 is 0 Å². The molecule has 0 aromatic carbocycles. The molecule has 4 nitrogen and oxygen atoms in total. The number of nitrogens with one attached hydrogen (secondary N) is 2. The summed E-state index contributed by atoms with van der Waals surface area (Å²) in [5.41, 5.74) is 0. The van der Waals surface area contributed by atoms with Gasteiger partial charge >= 0.3 is 0 Å². The molecule has 112 valence electrons. The second-order valence-corrected chi connectivity index (χ2v) is 5.79. The Labute approximate surface area is 123 Å². The van der Waals surface area contributed by atoms with Crippen molar-refractivity contribution in [2.45, 2.75) is 63.6 Å². The smallest absolute Gasteiger partial charge is 0.237 e. The molecule has 2 atom stereocenters. The standard InChI is InChI=1S/C14H27N3O.ClH/c1-11(17-9-8-13(10-17)15-2)14(18)16-12-6-4-3-5-7-12;/h11-13,15H,3-10H2,1-2H3,(H,16,18);1H. The average molecular weight is 290 g/mol. The van der Waals surface area contributed by atoms with Crippen molar-refractivity contribution < 1.29 is 4.79 Å². The van der Waals surface area contributed by atoms with Crippen LogP contribution in [-0.2, 0) is 4.79 Å². The molecule has 1 saturated carbocycles. The SMILES string of the molecule is CNC1CCN(C(C)C(=O)NC2CCCCC2)C1.Cl. The number of rotatable bonds is 4. The summed E-state index contributed by atoms with van der Waals surface area (Å²) in [5, 5.41) is 6.52. The van der Waals surface area contributed by atoms with Gasteiger partial charge in [0, 0.05) is 25.2 Å². The van der Waals surface area contributed by atoms with Gasteiger partial charge in [-0.2, -0.15) is 0 Å². The molecular weight excluding hydrogens is 262 g/mol. The Morgan fingerprint density at radius 1 is 1.16 bits per heavy atom. The first-order valence-electron chi connectivity index (χ1n) is 7.42. The Bertz CT molecular complexity index is 282. The first-order valence-corrected chi connectivity index (χ1v) is 7.42. The lowest BCUT2D eigenvalue weighted by Gasteiger charge is -2.28. The predicted molar refractivity (Wildman–Crippen MR) is 80.8 cm³/mol. The number of hydrogen-bond acceptors (Lipinski definition) is 3. The van der Waals surface area contributed by atoms with E-state index in [2.05, 4.69) is 15.5 Å². The largest absolute Gasteiger partial charge is 0.352 e. The zero-order valence-corrected chi connectivity index (χ0v) is 13.0. The summed E-state index contributed by atoms with van der Waals surface area (Å²) in [6.45, 7) is 4.07. The molecule has 0 radical (unpaired) electrons. The average Bonchev–Trinajstić information content (AvgIpc) is 2.87. The van der Waals surface area contributed by atoms with Crippen molar-refractivity contribution in [2.24, 2.45) is 0 Å². The third-order valence-electron chi connectivity index (χ3n) is 4.51. The lowest BCUT2D eigenvalue weighted by Crippen LogP contribution is -2.48. The molecular formula is C14H28ClN3O. The molecule has 1 amide bonds. The third-order valence-corrected chi connectivity index (χ3v) is 4.51. The molecule has 0 aromatic heterocycles. The summed E-state index contributed by atoms with van der Waals surface area (Å²) < 4.78 is 0. The normalized spacial score (nSPS) is 26.7. The van der Waals surface area contributed by atoms with Crippen molar-refractivity contribution in [3.63, 3.8) is 0 Å². The molecule has 2 unspecified atom stereocenters. The van der Waals surface area contributed by atoms with Gasteiger partial charge < -0.3 is 10.6 Å². The Balaban J connectivity index is 0.00000180. The van der Waals surface area contributed by atoms with Crippen LogP contribution in [0.2, 0.25) is 0 Å². The van der Waals surface area contributed by atoms with Gasteiger partial charge in [-0.15, -0.1) is 12.4 Å². The number of halogens is 1. The number of carbonyl (C=O) groups is 1. The van der Waals surface area contributed by atoms with Gasteiger partial charge in [-0.05, 0) is 33.2 Å². The molecule has 1 aliphatic carbocycles. The number of hydrogen-bond donors (Lipinski definition) is 2. The van der Waals surface area contributed by atoms with E-state index in [1.807, 2.05) is 14.0 Å². The highest BCUT2D eigenvalue weighted by atomic mass is 35.5. The lowest BCUT2D eigenvalue weighted by atomic mass is 9.95. The molecule has 2 aliphatic rings. The van der Waals surface area contributed by atoms with Gasteiger partial charge in [-0.3, -0.25) is 9.69 Å². The maximum Gasteiger partial charge on any atom is 0.237 e. The highest BCUT2D eigenvalue weighted by Gasteiger charge is 2.29. The van der Waals surface area contributed by atoms with Crippen molar-refractivity contribution in [1.29, 1.82) is 0 Å². The van der Waals surface area contributed by atoms with Gasteiger partial charge in [0.15, 0.2) is 0 Å². The van der Waals surface area contributed by atoms with E-state index in [4.69, 9.17) is 0 Å². The van der Waals surface area contributed by atoms with Crippen LogP contribution in [0.3, 0.4) is 0 Å². The van der Waals surface area contributed by atoms with Crippen molar-refractivity contribution in [3.05, 3.63) is 0 Å². The van der Waals surface area contributed by atoms with Crippen LogP contribution in [0.1, 0.15) is 45.4 Å². The van der Waals surface area contributed by atoms with Crippen LogP contribution in [0, 0.1) is 0 Å². The van der Waals surface area contributed by atoms with E-state index >= 15 is 0 Å². The van der Waals surface area contributed by atoms with Gasteiger partial charge in [0.05, 0.1) is 6.04 Å². The van der Waals surface area contributed by atoms with Gasteiger partial charge in [0.25, 0.3) is 0 Å². The highest BCUT2D eigenvalue weighted by Crippen LogP contribution is 2.18. The van der Waals surface area contributed by atoms with Crippen molar-refractivity contribution >= 4 is 18.3 Å². The van der Waals surface area contributed by atoms with Crippen LogP contribution in [0.5, 0.6) is 0 Å². The third kappa shape index (κ3) is 4.62. The molecule has 1 aliphatic heterocycles. The number of carbonyl (C=O) groups excluding carboxylic acids is 1. The summed E-state index contributed by atoms with van der Waals surface area (Å²) in [7, 11) is 2.00. The quantitative estimate of drug-likeness (QED) is 0.825. The maximum atomic E-state index is 12.2. The molecule has 1 saturated heterocycles. The fourth-order valence-corrected chi connectivity index (χ4v) is 3.11. The molecule has 1 heterocycles. The minimum atomic E-state index is 0. The van der Waals surface area contributed by atoms with Crippen LogP contribution in [-0.4, -0.2) is 49.1 Å². The lowest BCUT2D eigenvalue weighted by molar-refractivity contribution is -0.126. The van der Waals surface area contributed by atoms with Crippen LogP contribution < -0.4 is 10.6 Å². The van der Waals surface area contributed by atoms with E-state index in [0.29, 0.717) is 12.1 Å². The Kier molecular flexibility index (Phi) is 7.11. The molecule has 2 N–H and O–H groups in total. The highest BCUT2D eigenvalue weighted by molar-refractivity contribution is 5.85. The second kappa shape index (κ2) is 8.08. The number of amides is 1. The molecule has 19 heavy (non-hydrogen) atoms. The van der Waals surface area contributed by atoms with E-state index in [-0.39, 0.29) is 24.4 Å². The topological polar surface area (TPSA) is 44.4 Å². The van der Waals surface area contributed by atoms with E-state index in [1.165, 1.54) is 19.3 Å². The monoisotopic (exact) mass is 289 g/mol. The molecule has 2 rings (SSSR count). The zero-order chi connectivity index (χ0) is 13.0. The molecule has 2 fully saturated rings. The van der Waals surface area contributed by atoms with Crippen molar-refractivity contribution in [2.75, 3.05) is 20.1 Å². The van der Waals surface area contributed by atoms with Gasteiger partial charge in [0.2, 0.25) is 5.91 Å². The van der Waals surface area contributed by atoms with Gasteiger partial charge in [-0.1, -0.05) is 19.3 Å². The van der Waals surface area contributed by atoms with Gasteiger partial charge in [0.1, 0.15) is 0 Å². The Hall–Kier alpha value is -0.320. The van der Waals surface area contributed by atoms with Gasteiger partial charge in [-0.25, -0.2) is 0 Å². The maximum absolute atomic E-state index is 12.2. The number of likely N-dealkylation sites (N-methyl/N-ethyl adjacent to an activating group) is 1. The van der Waals surface area contributed by atoms with Crippen LogP contribution in [0.25, 0.3) is 0 Å². The fraction of sp³-hybridized carbons (Fsp3) is 0.929. The van der Waals surface area contributed by atoms with Crippen molar-refractivity contribution in [3.8, 4) is 0 Å². The fourth-order valence-electron chi connectivity index (χ4n) is 3.11. The van der Waals surface area contributed by atoms with E-state index in [0.717, 1.165) is 32.4 Å². The predicted octanol–water partition coefficient (Wildman–Crippen LogP) is 1.54. The molecule has 0 aromatic rings. The summed E-state index contributed by atoms with van der Waals surface area (Å²) in [5.74, 6) is 0.221. The first-order chi connectivity index (χ1) is 8.70.